The SMILES string of the molecule is CNC(=O)C1CCCN1S(=O)(=O)c1cc([N+](=O)[O-])c(Cl)s1. The van der Waals surface area contributed by atoms with Crippen molar-refractivity contribution >= 4 is 44.6 Å². The van der Waals surface area contributed by atoms with Gasteiger partial charge in [0.25, 0.3) is 15.7 Å². The Bertz CT molecular complexity index is 687. The largest absolute Gasteiger partial charge is 0.358 e. The van der Waals surface area contributed by atoms with E-state index in [0.29, 0.717) is 24.2 Å². The summed E-state index contributed by atoms with van der Waals surface area (Å²) in [5.41, 5.74) is -0.448. The maximum atomic E-state index is 12.5. The molecule has 1 fully saturated rings. The zero-order valence-electron chi connectivity index (χ0n) is 10.9. The van der Waals surface area contributed by atoms with Crippen LogP contribution in [0.5, 0.6) is 0 Å². The summed E-state index contributed by atoms with van der Waals surface area (Å²) in [6.07, 6.45) is 0.971. The van der Waals surface area contributed by atoms with Crippen molar-refractivity contribution in [2.75, 3.05) is 13.6 Å². The smallest absolute Gasteiger partial charge is 0.300 e. The zero-order valence-corrected chi connectivity index (χ0v) is 13.3. The molecule has 8 nitrogen and oxygen atoms in total. The number of hydrogen-bond donors (Lipinski definition) is 1. The van der Waals surface area contributed by atoms with Gasteiger partial charge in [-0.25, -0.2) is 8.42 Å². The van der Waals surface area contributed by atoms with Gasteiger partial charge in [0.15, 0.2) is 4.34 Å². The molecule has 116 valence electrons. The Kier molecular flexibility index (Phi) is 4.51. The third-order valence-electron chi connectivity index (χ3n) is 3.16. The Morgan fingerprint density at radius 1 is 1.62 bits per heavy atom. The fraction of sp³-hybridized carbons (Fsp3) is 0.500. The second-order valence-corrected chi connectivity index (χ2v) is 8.14. The highest BCUT2D eigenvalue weighted by Gasteiger charge is 2.40. The van der Waals surface area contributed by atoms with Gasteiger partial charge in [-0.05, 0) is 12.8 Å². The van der Waals surface area contributed by atoms with E-state index in [2.05, 4.69) is 5.32 Å². The van der Waals surface area contributed by atoms with Crippen molar-refractivity contribution in [2.45, 2.75) is 23.1 Å². The van der Waals surface area contributed by atoms with Gasteiger partial charge in [-0.1, -0.05) is 11.6 Å². The molecule has 1 atom stereocenters. The van der Waals surface area contributed by atoms with Gasteiger partial charge in [-0.15, -0.1) is 11.3 Å². The van der Waals surface area contributed by atoms with Crippen LogP contribution in [0.25, 0.3) is 0 Å². The Morgan fingerprint density at radius 2 is 2.29 bits per heavy atom. The number of hydrogen-bond acceptors (Lipinski definition) is 6. The number of amides is 1. The maximum Gasteiger partial charge on any atom is 0.300 e. The van der Waals surface area contributed by atoms with Gasteiger partial charge in [0.05, 0.1) is 4.92 Å². The van der Waals surface area contributed by atoms with E-state index < -0.39 is 32.6 Å². The predicted octanol–water partition coefficient (Wildman–Crippen LogP) is 1.21. The summed E-state index contributed by atoms with van der Waals surface area (Å²) in [6.45, 7) is 0.198. The Hall–Kier alpha value is -1.23. The molecule has 11 heteroatoms. The number of nitro groups is 1. The van der Waals surface area contributed by atoms with E-state index in [9.17, 15) is 23.3 Å². The lowest BCUT2D eigenvalue weighted by molar-refractivity contribution is -0.384. The summed E-state index contributed by atoms with van der Waals surface area (Å²) in [7, 11) is -2.55. The highest BCUT2D eigenvalue weighted by atomic mass is 35.5. The molecule has 0 aromatic carbocycles. The van der Waals surface area contributed by atoms with Gasteiger partial charge in [-0.2, -0.15) is 4.31 Å². The molecule has 1 saturated heterocycles. The van der Waals surface area contributed by atoms with E-state index in [1.54, 1.807) is 0 Å². The second-order valence-electron chi connectivity index (χ2n) is 4.37. The molecule has 1 N–H and O–H groups in total. The number of rotatable bonds is 4. The van der Waals surface area contributed by atoms with Crippen molar-refractivity contribution in [3.05, 3.63) is 20.5 Å². The summed E-state index contributed by atoms with van der Waals surface area (Å²) in [5, 5.41) is 13.2. The van der Waals surface area contributed by atoms with Crippen LogP contribution < -0.4 is 5.32 Å². The first-order valence-electron chi connectivity index (χ1n) is 5.96. The lowest BCUT2D eigenvalue weighted by Gasteiger charge is -2.21. The van der Waals surface area contributed by atoms with Crippen molar-refractivity contribution in [1.29, 1.82) is 0 Å². The van der Waals surface area contributed by atoms with Crippen LogP contribution in [0.2, 0.25) is 4.34 Å². The van der Waals surface area contributed by atoms with E-state index in [4.69, 9.17) is 11.6 Å². The highest BCUT2D eigenvalue weighted by Crippen LogP contribution is 2.38. The van der Waals surface area contributed by atoms with Gasteiger partial charge >= 0.3 is 0 Å². The number of thiophene rings is 1. The van der Waals surface area contributed by atoms with Crippen molar-refractivity contribution in [2.24, 2.45) is 0 Å². The molecule has 2 rings (SSSR count). The molecule has 1 unspecified atom stereocenters. The van der Waals surface area contributed by atoms with Crippen molar-refractivity contribution < 1.29 is 18.1 Å². The maximum absolute atomic E-state index is 12.5. The number of carbonyl (C=O) groups excluding carboxylic acids is 1. The molecule has 0 spiro atoms. The molecule has 0 bridgehead atoms. The molecule has 0 aliphatic carbocycles. The van der Waals surface area contributed by atoms with E-state index >= 15 is 0 Å². The van der Waals surface area contributed by atoms with Crippen LogP contribution in [-0.2, 0) is 14.8 Å². The lowest BCUT2D eigenvalue weighted by atomic mass is 10.2. The van der Waals surface area contributed by atoms with Crippen molar-refractivity contribution in [3.8, 4) is 0 Å². The van der Waals surface area contributed by atoms with Crippen LogP contribution in [0, 0.1) is 10.1 Å². The minimum Gasteiger partial charge on any atom is -0.358 e. The number of halogens is 1. The quantitative estimate of drug-likeness (QED) is 0.646. The molecular formula is C10H12ClN3O5S2. The molecule has 1 aliphatic rings. The van der Waals surface area contributed by atoms with Crippen LogP contribution in [0.4, 0.5) is 5.69 Å². The first-order valence-corrected chi connectivity index (χ1v) is 8.59. The molecule has 0 radical (unpaired) electrons. The highest BCUT2D eigenvalue weighted by molar-refractivity contribution is 7.91. The van der Waals surface area contributed by atoms with Gasteiger partial charge in [0.2, 0.25) is 5.91 Å². The summed E-state index contributed by atoms with van der Waals surface area (Å²) >= 11 is 6.31. The van der Waals surface area contributed by atoms with Crippen LogP contribution in [0.3, 0.4) is 0 Å². The van der Waals surface area contributed by atoms with Crippen LogP contribution in [0.1, 0.15) is 12.8 Å². The summed E-state index contributed by atoms with van der Waals surface area (Å²) in [5.74, 6) is -0.395. The predicted molar refractivity (Wildman–Crippen MR) is 77.0 cm³/mol. The molecule has 21 heavy (non-hydrogen) atoms. The first kappa shape index (κ1) is 16.1. The van der Waals surface area contributed by atoms with Crippen LogP contribution >= 0.6 is 22.9 Å². The monoisotopic (exact) mass is 353 g/mol. The third-order valence-corrected chi connectivity index (χ3v) is 6.85. The fourth-order valence-electron chi connectivity index (χ4n) is 2.16. The number of carbonyl (C=O) groups is 1. The molecule has 1 aromatic heterocycles. The molecule has 2 heterocycles. The summed E-state index contributed by atoms with van der Waals surface area (Å²) in [4.78, 5) is 21.8. The fourth-order valence-corrected chi connectivity index (χ4v) is 5.61. The average molecular weight is 354 g/mol. The number of likely N-dealkylation sites (N-methyl/N-ethyl adjacent to an activating group) is 1. The van der Waals surface area contributed by atoms with Gasteiger partial charge in [-0.3, -0.25) is 14.9 Å². The van der Waals surface area contributed by atoms with E-state index in [-0.39, 0.29) is 15.1 Å². The standard InChI is InChI=1S/C10H12ClN3O5S2/c1-12-10(15)6-3-2-4-13(6)21(18,19)8-5-7(14(16)17)9(11)20-8/h5-6H,2-4H2,1H3,(H,12,15). The van der Waals surface area contributed by atoms with E-state index in [0.717, 1.165) is 10.4 Å². The van der Waals surface area contributed by atoms with Gasteiger partial charge in [0, 0.05) is 19.7 Å². The number of nitrogens with zero attached hydrogens (tertiary/aromatic N) is 2. The number of sulfonamides is 1. The third kappa shape index (κ3) is 2.89. The first-order chi connectivity index (χ1) is 9.78. The van der Waals surface area contributed by atoms with Gasteiger partial charge in [0.1, 0.15) is 10.3 Å². The minimum absolute atomic E-state index is 0.198. The number of nitrogens with one attached hydrogen (secondary N) is 1. The normalized spacial score (nSPS) is 19.6. The van der Waals surface area contributed by atoms with E-state index in [1.807, 2.05) is 0 Å². The minimum atomic E-state index is -3.98. The Balaban J connectivity index is 2.40. The molecular weight excluding hydrogens is 342 g/mol. The van der Waals surface area contributed by atoms with Crippen molar-refractivity contribution in [1.82, 2.24) is 9.62 Å². The molecule has 0 saturated carbocycles. The zero-order chi connectivity index (χ0) is 15.8. The van der Waals surface area contributed by atoms with Crippen LogP contribution in [0.15, 0.2) is 10.3 Å². The summed E-state index contributed by atoms with van der Waals surface area (Å²) in [6, 6.07) is 0.140. The Morgan fingerprint density at radius 3 is 2.81 bits per heavy atom. The topological polar surface area (TPSA) is 110 Å². The second kappa shape index (κ2) is 5.87. The van der Waals surface area contributed by atoms with Crippen LogP contribution in [-0.4, -0.2) is 43.2 Å². The van der Waals surface area contributed by atoms with E-state index in [1.165, 1.54) is 7.05 Å². The van der Waals surface area contributed by atoms with Gasteiger partial charge < -0.3 is 5.32 Å². The lowest BCUT2D eigenvalue weighted by Crippen LogP contribution is -2.44. The average Bonchev–Trinajstić information content (AvgIpc) is 3.04. The molecule has 1 aromatic rings. The molecule has 1 amide bonds. The Labute approximate surface area is 129 Å². The molecule has 1 aliphatic heterocycles. The summed E-state index contributed by atoms with van der Waals surface area (Å²) < 4.78 is 25.7. The van der Waals surface area contributed by atoms with Crippen molar-refractivity contribution in [3.63, 3.8) is 0 Å².